The van der Waals surface area contributed by atoms with Crippen LogP contribution in [-0.2, 0) is 91.0 Å². The van der Waals surface area contributed by atoms with Crippen LogP contribution in [0.5, 0.6) is 5.75 Å². The fourth-order valence-corrected chi connectivity index (χ4v) is 13.7. The van der Waals surface area contributed by atoms with E-state index in [0.717, 1.165) is 9.80 Å². The molecule has 0 radical (unpaired) electrons. The van der Waals surface area contributed by atoms with Crippen LogP contribution in [0.1, 0.15) is 117 Å². The number of aliphatic hydroxyl groups excluding tert-OH is 3. The molecule has 4 aliphatic rings. The maximum atomic E-state index is 15.2. The SMILES string of the molecule is CC[C@H](C)[C@@H]1NC(=O)CNC(=O)[C@@H]2CC(=O)[C@H]([C@@H](C)[C@@H](O)CO)NC(=O)C3C[C@@H](O)CN3C(=O)C(CC(N)=O)CC(=O)[C@H](CS(=O)c3[nH]c4cc(OCc5ccc(NC(=O)[C@H](C)CC(=O)[C@@H](NC(=O)CCCCCN6C(=O)C=CC6=O)C(C)C)cc5)ccc4c3C2)NC(=O)CNC1=O. The molecule has 13 atom stereocenters. The first-order valence-corrected chi connectivity index (χ1v) is 34.3. The summed E-state index contributed by atoms with van der Waals surface area (Å²) in [5.41, 5.74) is 7.05. The highest BCUT2D eigenvalue weighted by Gasteiger charge is 2.45. The smallest absolute Gasteiger partial charge is 0.253 e. The molecule has 98 heavy (non-hydrogen) atoms. The summed E-state index contributed by atoms with van der Waals surface area (Å²) in [6, 6.07) is 4.17. The number of Topliss-reactive ketones (excluding diaryl/α,β-unsaturated/α-hetero) is 3. The molecule has 7 rings (SSSR count). The highest BCUT2D eigenvalue weighted by atomic mass is 32.2. The van der Waals surface area contributed by atoms with Gasteiger partial charge in [-0.3, -0.25) is 76.2 Å². The molecule has 4 aliphatic heterocycles. The van der Waals surface area contributed by atoms with Crippen molar-refractivity contribution >= 4 is 110 Å². The van der Waals surface area contributed by atoms with Crippen LogP contribution in [0, 0.1) is 35.5 Å². The molecule has 30 nitrogen and oxygen atoms in total. The number of ether oxygens (including phenoxy) is 1. The van der Waals surface area contributed by atoms with Crippen molar-refractivity contribution in [3.05, 3.63) is 65.7 Å². The summed E-state index contributed by atoms with van der Waals surface area (Å²) in [5.74, 6) is -16.9. The molecule has 5 heterocycles. The Morgan fingerprint density at radius 3 is 2.12 bits per heavy atom. The molecule has 3 unspecified atom stereocenters. The molecule has 2 bridgehead atoms. The van der Waals surface area contributed by atoms with Crippen molar-refractivity contribution in [3.8, 4) is 5.75 Å². The van der Waals surface area contributed by atoms with Gasteiger partial charge in [-0.1, -0.05) is 66.5 Å². The second-order valence-electron chi connectivity index (χ2n) is 26.0. The van der Waals surface area contributed by atoms with Crippen LogP contribution in [0.4, 0.5) is 5.69 Å². The maximum Gasteiger partial charge on any atom is 0.253 e. The number of benzene rings is 2. The molecular weight excluding hydrogens is 1290 g/mol. The van der Waals surface area contributed by atoms with E-state index >= 15 is 4.21 Å². The number of rotatable bonds is 23. The van der Waals surface area contributed by atoms with Gasteiger partial charge in [-0.15, -0.1) is 0 Å². The van der Waals surface area contributed by atoms with Crippen molar-refractivity contribution in [1.82, 2.24) is 46.7 Å². The molecule has 11 amide bonds. The molecule has 3 aromatic rings. The Kier molecular flexibility index (Phi) is 27.2. The number of unbranched alkanes of at least 4 members (excludes halogenated alkanes) is 2. The second-order valence-corrected chi connectivity index (χ2v) is 27.5. The van der Waals surface area contributed by atoms with Gasteiger partial charge in [0.05, 0.1) is 78.0 Å². The van der Waals surface area contributed by atoms with E-state index in [9.17, 15) is 82.4 Å². The summed E-state index contributed by atoms with van der Waals surface area (Å²) in [4.78, 5) is 196. The number of carbonyl (C=O) groups excluding carboxylic acids is 14. The summed E-state index contributed by atoms with van der Waals surface area (Å²) in [5, 5.41) is 50.5. The number of nitrogens with zero attached hydrogens (tertiary/aromatic N) is 2. The molecular formula is C67H89N11O19S. The fraction of sp³-hybridized carbons (Fsp3) is 0.552. The van der Waals surface area contributed by atoms with Crippen LogP contribution in [-0.4, -0.2) is 198 Å². The van der Waals surface area contributed by atoms with Gasteiger partial charge >= 0.3 is 0 Å². The molecule has 31 heteroatoms. The number of hydrogen-bond acceptors (Lipinski definition) is 19. The molecule has 1 aromatic heterocycles. The van der Waals surface area contributed by atoms with E-state index in [-0.39, 0.29) is 77.3 Å². The summed E-state index contributed by atoms with van der Waals surface area (Å²) in [7, 11) is -2.41. The zero-order valence-electron chi connectivity index (χ0n) is 55.7. The van der Waals surface area contributed by atoms with Crippen molar-refractivity contribution in [2.24, 2.45) is 41.2 Å². The first-order valence-electron chi connectivity index (χ1n) is 32.9. The van der Waals surface area contributed by atoms with E-state index in [2.05, 4.69) is 42.2 Å². The van der Waals surface area contributed by atoms with Gasteiger partial charge in [0, 0.05) is 98.7 Å². The fourth-order valence-electron chi connectivity index (χ4n) is 12.2. The summed E-state index contributed by atoms with van der Waals surface area (Å²) in [6.45, 7) is 7.18. The van der Waals surface area contributed by atoms with Crippen LogP contribution in [0.3, 0.4) is 0 Å². The minimum Gasteiger partial charge on any atom is -0.489 e. The number of carbonyl (C=O) groups is 14. The summed E-state index contributed by atoms with van der Waals surface area (Å²) in [6.07, 6.45) is -1.96. The molecule has 13 N–H and O–H groups in total. The molecule has 2 aromatic carbocycles. The standard InChI is InChI=1S/C67H89N11O19S/c1-7-35(4)60-65(94)70-28-55(87)72-47-33-98(96)66-45(22-39(63(92)69-29-56(88)75-60)23-51(83)61(37(6)52(84)31-79)76-64(93)48-26-42(80)30-78(48)67(95)40(24-49(47)81)25-53(68)85)44-17-16-43(27-46(44)73-66)97-32-38-12-14-41(15-13-38)71-62(91)36(5)21-50(82)59(34(2)3)74-54(86)11-9-8-10-20-77-57(89)18-19-58(77)90/h12-19,27,34-37,39-40,42,47-48,52,59-61,73,79-80,84H,7-11,20-26,28-33H2,1-6H3,(H2,68,85)(H,69,92)(H,70,94)(H,71,91)(H,72,87)(H,74,86)(H,75,88)(H,76,93)/t35-,36+,37-,39-,40?,42+,47-,48?,52-,59-,60-,61-,98?/m0/s1. The lowest BCUT2D eigenvalue weighted by molar-refractivity contribution is -0.145. The number of H-pyrrole nitrogens is 1. The average molecular weight is 1380 g/mol. The van der Waals surface area contributed by atoms with Gasteiger partial charge in [0.1, 0.15) is 29.5 Å². The molecule has 0 aliphatic carbocycles. The van der Waals surface area contributed by atoms with Crippen LogP contribution < -0.4 is 47.7 Å². The topological polar surface area (TPSA) is 458 Å². The maximum absolute atomic E-state index is 15.2. The van der Waals surface area contributed by atoms with Gasteiger partial charge < -0.3 is 72.9 Å². The number of ketones is 3. The number of primary amides is 1. The highest BCUT2D eigenvalue weighted by Crippen LogP contribution is 2.34. The highest BCUT2D eigenvalue weighted by molar-refractivity contribution is 7.85. The molecule has 0 saturated carbocycles. The molecule has 1 saturated heterocycles. The average Bonchev–Trinajstić information content (AvgIpc) is 1.62. The Hall–Kier alpha value is -9.07. The number of fused-ring (bicyclic) bond motifs is 5. The second kappa shape index (κ2) is 34.9. The van der Waals surface area contributed by atoms with Gasteiger partial charge in [0.25, 0.3) is 11.8 Å². The number of amides is 11. The van der Waals surface area contributed by atoms with Crippen LogP contribution in [0.15, 0.2) is 59.6 Å². The molecule has 0 spiro atoms. The quantitative estimate of drug-likeness (QED) is 0.0412. The van der Waals surface area contributed by atoms with Crippen molar-refractivity contribution in [3.63, 3.8) is 0 Å². The number of aliphatic hydroxyl groups is 3. The Morgan fingerprint density at radius 1 is 0.796 bits per heavy atom. The molecule has 1 fully saturated rings. The number of aromatic nitrogens is 1. The third kappa shape index (κ3) is 20.3. The third-order valence-electron chi connectivity index (χ3n) is 18.2. The monoisotopic (exact) mass is 1380 g/mol. The van der Waals surface area contributed by atoms with Crippen LogP contribution in [0.25, 0.3) is 10.9 Å². The van der Waals surface area contributed by atoms with E-state index in [4.69, 9.17) is 10.5 Å². The van der Waals surface area contributed by atoms with E-state index in [1.165, 1.54) is 19.1 Å². The van der Waals surface area contributed by atoms with Crippen LogP contribution in [0.2, 0.25) is 0 Å². The van der Waals surface area contributed by atoms with Gasteiger partial charge in [-0.25, -0.2) is 0 Å². The molecule has 532 valence electrons. The van der Waals surface area contributed by atoms with Gasteiger partial charge in [0.15, 0.2) is 17.3 Å². The number of nitrogens with one attached hydrogen (secondary N) is 8. The predicted molar refractivity (Wildman–Crippen MR) is 352 cm³/mol. The van der Waals surface area contributed by atoms with Crippen molar-refractivity contribution < 1.29 is 91.4 Å². The first-order chi connectivity index (χ1) is 46.5. The summed E-state index contributed by atoms with van der Waals surface area (Å²) >= 11 is 0. The first kappa shape index (κ1) is 76.3. The number of hydrogen-bond donors (Lipinski definition) is 12. The normalized spacial score (nSPS) is 24.1. The lowest BCUT2D eigenvalue weighted by Gasteiger charge is -2.32. The van der Waals surface area contributed by atoms with Gasteiger partial charge in [-0.2, -0.15) is 0 Å². The number of anilines is 1. The lowest BCUT2D eigenvalue weighted by Crippen LogP contribution is -2.56. The lowest BCUT2D eigenvalue weighted by atomic mass is 9.85. The number of nitrogens with two attached hydrogens (primary N) is 1. The Morgan fingerprint density at radius 2 is 1.47 bits per heavy atom. The van der Waals surface area contributed by atoms with Gasteiger partial charge in [0.2, 0.25) is 53.2 Å². The van der Waals surface area contributed by atoms with Crippen LogP contribution >= 0.6 is 0 Å². The third-order valence-corrected chi connectivity index (χ3v) is 19.6. The van der Waals surface area contributed by atoms with E-state index in [0.29, 0.717) is 42.3 Å². The summed E-state index contributed by atoms with van der Waals surface area (Å²) < 4.78 is 21.5. The number of aromatic amines is 1. The van der Waals surface area contributed by atoms with Crippen molar-refractivity contribution in [2.45, 2.75) is 166 Å². The Balaban J connectivity index is 1.15. The zero-order chi connectivity index (χ0) is 71.8. The van der Waals surface area contributed by atoms with E-state index in [1.807, 2.05) is 0 Å². The van der Waals surface area contributed by atoms with E-state index < -0.39 is 206 Å². The zero-order valence-corrected chi connectivity index (χ0v) is 56.5. The number of imide groups is 1. The Bertz CT molecular complexity index is 3580. The van der Waals surface area contributed by atoms with Gasteiger partial charge in [-0.05, 0) is 66.5 Å². The van der Waals surface area contributed by atoms with Crippen molar-refractivity contribution in [2.75, 3.05) is 43.9 Å². The largest absolute Gasteiger partial charge is 0.489 e. The van der Waals surface area contributed by atoms with Crippen molar-refractivity contribution in [1.29, 1.82) is 0 Å². The minimum absolute atomic E-state index is 0.0446. The van der Waals surface area contributed by atoms with E-state index in [1.54, 1.807) is 77.1 Å². The minimum atomic E-state index is -2.41. The Labute approximate surface area is 568 Å². The predicted octanol–water partition coefficient (Wildman–Crippen LogP) is -0.706.